The molecule has 5 nitrogen and oxygen atoms in total. The first-order chi connectivity index (χ1) is 14.6. The maximum absolute atomic E-state index is 14.0. The summed E-state index contributed by atoms with van der Waals surface area (Å²) in [4.78, 5) is 27.6. The number of hydrogen-bond donors (Lipinski definition) is 1. The quantitative estimate of drug-likeness (QED) is 0.713. The summed E-state index contributed by atoms with van der Waals surface area (Å²) in [5, 5.41) is 9.18. The Labute approximate surface area is 174 Å². The number of fused-ring (bicyclic) bond motifs is 3. The smallest absolute Gasteiger partial charge is 0.261 e. The predicted octanol–water partition coefficient (Wildman–Crippen LogP) is 4.08. The number of nitrogens with one attached hydrogen (secondary N) is 1. The lowest BCUT2D eigenvalue weighted by Gasteiger charge is -2.17. The summed E-state index contributed by atoms with van der Waals surface area (Å²) in [6, 6.07) is 26.9. The second-order valence-electron chi connectivity index (χ2n) is 8.10. The van der Waals surface area contributed by atoms with Crippen molar-refractivity contribution in [2.45, 2.75) is 18.3 Å². The second-order valence-corrected chi connectivity index (χ2v) is 8.10. The molecule has 0 radical (unpaired) electrons. The zero-order valence-corrected chi connectivity index (χ0v) is 16.4. The van der Waals surface area contributed by atoms with Gasteiger partial charge in [0, 0.05) is 11.6 Å². The molecule has 0 saturated heterocycles. The first kappa shape index (κ1) is 17.2. The normalized spacial score (nSPS) is 28.6. The van der Waals surface area contributed by atoms with Gasteiger partial charge < -0.3 is 5.32 Å². The summed E-state index contributed by atoms with van der Waals surface area (Å²) >= 11 is 0. The minimum Gasteiger partial charge on any atom is -0.325 e. The number of hydrogen-bond acceptors (Lipinski definition) is 3. The fraction of sp³-hybridized carbons (Fsp3) is 0.160. The van der Waals surface area contributed by atoms with Gasteiger partial charge in [0.05, 0.1) is 11.4 Å². The highest BCUT2D eigenvalue weighted by Crippen LogP contribution is 2.79. The Bertz CT molecular complexity index is 1240. The van der Waals surface area contributed by atoms with Crippen LogP contribution in [-0.4, -0.2) is 17.5 Å². The van der Waals surface area contributed by atoms with Gasteiger partial charge in [-0.25, -0.2) is 0 Å². The Morgan fingerprint density at radius 3 is 2.20 bits per heavy atom. The highest BCUT2D eigenvalue weighted by atomic mass is 16.2. The monoisotopic (exact) mass is 393 g/mol. The standard InChI is InChI=1S/C25H19N3O2/c1-16-24(23(30)28(27-16)18-12-6-3-7-13-18)21(17-10-4-2-5-11-17)25(24)19-14-8-9-15-20(19)26-22(25)29/h2-15,21H,1H3,(H,26,29)/t21?,24-,25-/m0/s1. The van der Waals surface area contributed by atoms with E-state index in [9.17, 15) is 9.59 Å². The number of nitrogens with zero attached hydrogens (tertiary/aromatic N) is 2. The molecule has 3 aliphatic rings. The van der Waals surface area contributed by atoms with Crippen molar-refractivity contribution in [2.75, 3.05) is 10.3 Å². The maximum Gasteiger partial charge on any atom is 0.261 e. The van der Waals surface area contributed by atoms with E-state index in [-0.39, 0.29) is 17.7 Å². The first-order valence-electron chi connectivity index (χ1n) is 10.0. The van der Waals surface area contributed by atoms with Crippen LogP contribution in [0, 0.1) is 5.41 Å². The molecule has 30 heavy (non-hydrogen) atoms. The van der Waals surface area contributed by atoms with Gasteiger partial charge in [-0.2, -0.15) is 10.1 Å². The maximum atomic E-state index is 14.0. The Morgan fingerprint density at radius 2 is 1.47 bits per heavy atom. The van der Waals surface area contributed by atoms with Gasteiger partial charge in [0.15, 0.2) is 0 Å². The van der Waals surface area contributed by atoms with Gasteiger partial charge in [0.25, 0.3) is 5.91 Å². The summed E-state index contributed by atoms with van der Waals surface area (Å²) in [6.07, 6.45) is 0. The third kappa shape index (κ3) is 1.77. The lowest BCUT2D eigenvalue weighted by molar-refractivity contribution is -0.125. The number of rotatable bonds is 2. The number of benzene rings is 3. The molecule has 1 fully saturated rings. The fourth-order valence-electron chi connectivity index (χ4n) is 5.70. The molecule has 2 spiro atoms. The molecule has 6 rings (SSSR count). The Balaban J connectivity index is 1.60. The summed E-state index contributed by atoms with van der Waals surface area (Å²) in [5.74, 6) is -0.581. The number of carbonyl (C=O) groups excluding carboxylic acids is 2. The summed E-state index contributed by atoms with van der Waals surface area (Å²) < 4.78 is 0. The van der Waals surface area contributed by atoms with Crippen LogP contribution in [-0.2, 0) is 15.0 Å². The summed E-state index contributed by atoms with van der Waals surface area (Å²) in [5.41, 5.74) is 2.00. The Kier molecular flexibility index (Phi) is 3.24. The van der Waals surface area contributed by atoms with E-state index in [2.05, 4.69) is 10.4 Å². The van der Waals surface area contributed by atoms with Gasteiger partial charge in [-0.15, -0.1) is 0 Å². The molecular formula is C25H19N3O2. The predicted molar refractivity (Wildman–Crippen MR) is 115 cm³/mol. The minimum absolute atomic E-state index is 0.129. The molecule has 3 atom stereocenters. The van der Waals surface area contributed by atoms with E-state index in [4.69, 9.17) is 0 Å². The molecule has 1 saturated carbocycles. The third-order valence-electron chi connectivity index (χ3n) is 6.85. The average molecular weight is 393 g/mol. The first-order valence-corrected chi connectivity index (χ1v) is 10.0. The fourth-order valence-corrected chi connectivity index (χ4v) is 5.70. The molecule has 0 bridgehead atoms. The molecule has 3 aromatic carbocycles. The van der Waals surface area contributed by atoms with Crippen molar-refractivity contribution < 1.29 is 9.59 Å². The van der Waals surface area contributed by atoms with E-state index in [0.29, 0.717) is 11.4 Å². The highest BCUT2D eigenvalue weighted by molar-refractivity contribution is 6.31. The molecule has 1 N–H and O–H groups in total. The van der Waals surface area contributed by atoms with Crippen LogP contribution in [0.25, 0.3) is 0 Å². The van der Waals surface area contributed by atoms with Gasteiger partial charge in [0.1, 0.15) is 10.8 Å². The van der Waals surface area contributed by atoms with Crippen LogP contribution >= 0.6 is 0 Å². The van der Waals surface area contributed by atoms with Gasteiger partial charge in [-0.3, -0.25) is 9.59 Å². The van der Waals surface area contributed by atoms with Crippen LogP contribution in [0.2, 0.25) is 0 Å². The van der Waals surface area contributed by atoms with Crippen LogP contribution in [0.1, 0.15) is 24.0 Å². The number of amides is 2. The molecule has 3 aromatic rings. The van der Waals surface area contributed by atoms with Crippen LogP contribution in [0.15, 0.2) is 90.0 Å². The van der Waals surface area contributed by atoms with E-state index in [1.807, 2.05) is 91.9 Å². The van der Waals surface area contributed by atoms with Gasteiger partial charge >= 0.3 is 0 Å². The topological polar surface area (TPSA) is 61.8 Å². The summed E-state index contributed by atoms with van der Waals surface area (Å²) in [7, 11) is 0. The largest absolute Gasteiger partial charge is 0.325 e. The molecule has 2 amide bonds. The third-order valence-corrected chi connectivity index (χ3v) is 6.85. The van der Waals surface area contributed by atoms with Gasteiger partial charge in [0.2, 0.25) is 5.91 Å². The van der Waals surface area contributed by atoms with E-state index in [1.165, 1.54) is 5.01 Å². The van der Waals surface area contributed by atoms with Crippen molar-refractivity contribution in [3.8, 4) is 0 Å². The number of anilines is 2. The van der Waals surface area contributed by atoms with Crippen LogP contribution in [0.3, 0.4) is 0 Å². The Hall–Kier alpha value is -3.73. The lowest BCUT2D eigenvalue weighted by Crippen LogP contribution is -2.37. The molecule has 0 aromatic heterocycles. The molecule has 2 aliphatic heterocycles. The lowest BCUT2D eigenvalue weighted by atomic mass is 9.84. The second kappa shape index (κ2) is 5.66. The average Bonchev–Trinajstić information content (AvgIpc) is 3.23. The molecular weight excluding hydrogens is 374 g/mol. The van der Waals surface area contributed by atoms with Crippen molar-refractivity contribution in [1.29, 1.82) is 0 Å². The SMILES string of the molecule is CC1=NN(c2ccccc2)C(=O)[C@@]12C(c1ccccc1)[C@@]21C(=O)Nc2ccccc21. The number of hydrazone groups is 1. The molecule has 5 heteroatoms. The van der Waals surface area contributed by atoms with E-state index >= 15 is 0 Å². The van der Waals surface area contributed by atoms with Crippen molar-refractivity contribution >= 4 is 28.9 Å². The zero-order valence-electron chi connectivity index (χ0n) is 16.4. The van der Waals surface area contributed by atoms with Crippen molar-refractivity contribution in [3.63, 3.8) is 0 Å². The number of para-hydroxylation sites is 2. The minimum atomic E-state index is -1.03. The van der Waals surface area contributed by atoms with Gasteiger partial charge in [-0.05, 0) is 36.2 Å². The van der Waals surface area contributed by atoms with Crippen molar-refractivity contribution in [1.82, 2.24) is 0 Å². The molecule has 1 unspecified atom stereocenters. The highest BCUT2D eigenvalue weighted by Gasteiger charge is 2.89. The Morgan fingerprint density at radius 1 is 0.833 bits per heavy atom. The molecule has 146 valence electrons. The van der Waals surface area contributed by atoms with Crippen LogP contribution < -0.4 is 10.3 Å². The van der Waals surface area contributed by atoms with Gasteiger partial charge in [-0.1, -0.05) is 66.7 Å². The molecule has 2 heterocycles. The molecule has 1 aliphatic carbocycles. The zero-order chi connectivity index (χ0) is 20.5. The van der Waals surface area contributed by atoms with Crippen molar-refractivity contribution in [3.05, 3.63) is 96.1 Å². The number of carbonyl (C=O) groups is 2. The van der Waals surface area contributed by atoms with E-state index < -0.39 is 10.8 Å². The van der Waals surface area contributed by atoms with Crippen molar-refractivity contribution in [2.24, 2.45) is 10.5 Å². The van der Waals surface area contributed by atoms with E-state index in [0.717, 1.165) is 16.8 Å². The summed E-state index contributed by atoms with van der Waals surface area (Å²) in [6.45, 7) is 1.87. The van der Waals surface area contributed by atoms with E-state index in [1.54, 1.807) is 0 Å². The van der Waals surface area contributed by atoms with Crippen LogP contribution in [0.5, 0.6) is 0 Å². The van der Waals surface area contributed by atoms with Crippen LogP contribution in [0.4, 0.5) is 11.4 Å².